The summed E-state index contributed by atoms with van der Waals surface area (Å²) in [5.74, 6) is -4.24. The molecule has 0 bridgehead atoms. The number of hydrogen-bond acceptors (Lipinski definition) is 3. The van der Waals surface area contributed by atoms with Gasteiger partial charge in [-0.15, -0.1) is 0 Å². The second-order valence-electron chi connectivity index (χ2n) is 7.68. The molecule has 0 heterocycles. The van der Waals surface area contributed by atoms with Crippen molar-refractivity contribution in [3.63, 3.8) is 0 Å². The van der Waals surface area contributed by atoms with Gasteiger partial charge in [-0.05, 0) is 36.6 Å². The average molecular weight is 489 g/mol. The van der Waals surface area contributed by atoms with Crippen molar-refractivity contribution in [3.05, 3.63) is 82.7 Å². The monoisotopic (exact) mass is 489 g/mol. The minimum absolute atomic E-state index is 0.0466. The van der Waals surface area contributed by atoms with E-state index in [1.54, 1.807) is 0 Å². The number of methoxy groups -OCH3 is 1. The van der Waals surface area contributed by atoms with Gasteiger partial charge in [-0.2, -0.15) is 26.3 Å². The van der Waals surface area contributed by atoms with Gasteiger partial charge in [0.15, 0.2) is 0 Å². The first-order chi connectivity index (χ1) is 15.8. The average Bonchev–Trinajstić information content (AvgIpc) is 3.21. The molecule has 2 aromatic carbocycles. The SMILES string of the molecule is COC(=O)[C@H](c1ccccc1F)[C@@H]1C=C[C@@H](NC(=O)c2cc(C(F)(F)F)cc(C(F)(F)F)c2)C1. The first-order valence-corrected chi connectivity index (χ1v) is 9.92. The number of nitrogens with one attached hydrogen (secondary N) is 1. The van der Waals surface area contributed by atoms with Gasteiger partial charge in [-0.1, -0.05) is 30.4 Å². The van der Waals surface area contributed by atoms with Crippen molar-refractivity contribution in [2.24, 2.45) is 5.92 Å². The number of amides is 1. The van der Waals surface area contributed by atoms with E-state index in [2.05, 4.69) is 5.32 Å². The van der Waals surface area contributed by atoms with Gasteiger partial charge in [0.05, 0.1) is 24.2 Å². The van der Waals surface area contributed by atoms with E-state index >= 15 is 0 Å². The smallest absolute Gasteiger partial charge is 0.416 e. The lowest BCUT2D eigenvalue weighted by atomic mass is 9.85. The number of benzene rings is 2. The minimum atomic E-state index is -5.10. The number of carbonyl (C=O) groups is 2. The first kappa shape index (κ1) is 25.3. The summed E-state index contributed by atoms with van der Waals surface area (Å²) in [5.41, 5.74) is -3.99. The highest BCUT2D eigenvalue weighted by Gasteiger charge is 2.38. The van der Waals surface area contributed by atoms with Crippen molar-refractivity contribution < 1.29 is 45.1 Å². The van der Waals surface area contributed by atoms with Gasteiger partial charge in [0.2, 0.25) is 0 Å². The third-order valence-corrected chi connectivity index (χ3v) is 5.41. The molecule has 0 unspecified atom stereocenters. The summed E-state index contributed by atoms with van der Waals surface area (Å²) < 4.78 is 97.4. The number of carbonyl (C=O) groups excluding carboxylic acids is 2. The molecule has 0 aromatic heterocycles. The minimum Gasteiger partial charge on any atom is -0.469 e. The summed E-state index contributed by atoms with van der Waals surface area (Å²) in [7, 11) is 1.12. The Balaban J connectivity index is 1.82. The summed E-state index contributed by atoms with van der Waals surface area (Å²) in [4.78, 5) is 24.9. The molecular weight excluding hydrogens is 471 g/mol. The number of rotatable bonds is 5. The molecule has 0 saturated heterocycles. The van der Waals surface area contributed by atoms with Gasteiger partial charge in [-0.3, -0.25) is 9.59 Å². The Morgan fingerprint density at radius 2 is 1.56 bits per heavy atom. The molecule has 4 nitrogen and oxygen atoms in total. The molecule has 1 N–H and O–H groups in total. The van der Waals surface area contributed by atoms with Gasteiger partial charge >= 0.3 is 18.3 Å². The second kappa shape index (κ2) is 9.47. The Kier molecular flexibility index (Phi) is 7.04. The van der Waals surface area contributed by atoms with Crippen LogP contribution in [0.15, 0.2) is 54.6 Å². The van der Waals surface area contributed by atoms with Crippen LogP contribution < -0.4 is 5.32 Å². The summed E-state index contributed by atoms with van der Waals surface area (Å²) in [6.45, 7) is 0. The van der Waals surface area contributed by atoms with Crippen LogP contribution in [0.1, 0.15) is 39.4 Å². The molecule has 2 aromatic rings. The highest BCUT2D eigenvalue weighted by atomic mass is 19.4. The predicted molar refractivity (Wildman–Crippen MR) is 106 cm³/mol. The summed E-state index contributed by atoms with van der Waals surface area (Å²) >= 11 is 0. The molecule has 0 fully saturated rings. The first-order valence-electron chi connectivity index (χ1n) is 9.92. The van der Waals surface area contributed by atoms with Crippen molar-refractivity contribution in [2.45, 2.75) is 30.7 Å². The molecule has 1 aliphatic rings. The lowest BCUT2D eigenvalue weighted by Crippen LogP contribution is -2.34. The number of esters is 1. The largest absolute Gasteiger partial charge is 0.469 e. The standard InChI is InChI=1S/C23H18F7NO3/c1-34-21(33)19(17-4-2-3-5-18(17)24)12-6-7-16(10-12)31-20(32)13-8-14(22(25,26)27)11-15(9-13)23(28,29)30/h2-9,11-12,16,19H,10H2,1H3,(H,31,32)/t12-,16-,19+/m1/s1. The highest BCUT2D eigenvalue weighted by molar-refractivity contribution is 5.95. The lowest BCUT2D eigenvalue weighted by molar-refractivity contribution is -0.144. The fraction of sp³-hybridized carbons (Fsp3) is 0.304. The molecule has 0 radical (unpaired) electrons. The van der Waals surface area contributed by atoms with E-state index in [-0.39, 0.29) is 18.1 Å². The quantitative estimate of drug-likeness (QED) is 0.343. The molecule has 182 valence electrons. The van der Waals surface area contributed by atoms with Gasteiger partial charge in [0, 0.05) is 17.2 Å². The van der Waals surface area contributed by atoms with E-state index in [0.29, 0.717) is 12.1 Å². The van der Waals surface area contributed by atoms with E-state index in [4.69, 9.17) is 4.74 Å². The molecular formula is C23H18F7NO3. The van der Waals surface area contributed by atoms with E-state index in [9.17, 15) is 40.3 Å². The van der Waals surface area contributed by atoms with Gasteiger partial charge in [0.1, 0.15) is 5.82 Å². The Labute approximate surface area is 189 Å². The second-order valence-corrected chi connectivity index (χ2v) is 7.68. The third kappa shape index (κ3) is 5.57. The Morgan fingerprint density at radius 1 is 0.971 bits per heavy atom. The molecule has 0 saturated carbocycles. The summed E-state index contributed by atoms with van der Waals surface area (Å²) in [6, 6.07) is 5.29. The van der Waals surface area contributed by atoms with E-state index in [1.165, 1.54) is 30.4 Å². The maximum atomic E-state index is 14.3. The van der Waals surface area contributed by atoms with Crippen LogP contribution in [0.4, 0.5) is 30.7 Å². The van der Waals surface area contributed by atoms with Gasteiger partial charge < -0.3 is 10.1 Å². The number of ether oxygens (including phenoxy) is 1. The number of halogens is 7. The molecule has 11 heteroatoms. The maximum Gasteiger partial charge on any atom is 0.416 e. The van der Waals surface area contributed by atoms with Crippen LogP contribution in [0.25, 0.3) is 0 Å². The Morgan fingerprint density at radius 3 is 2.09 bits per heavy atom. The molecule has 3 rings (SSSR count). The normalized spacial score (nSPS) is 19.1. The topological polar surface area (TPSA) is 55.4 Å². The zero-order valence-corrected chi connectivity index (χ0v) is 17.5. The van der Waals surface area contributed by atoms with Crippen LogP contribution in [-0.4, -0.2) is 25.0 Å². The van der Waals surface area contributed by atoms with E-state index < -0.39 is 64.6 Å². The van der Waals surface area contributed by atoms with Crippen molar-refractivity contribution in [3.8, 4) is 0 Å². The number of alkyl halides is 6. The molecule has 1 amide bonds. The van der Waals surface area contributed by atoms with Crippen LogP contribution in [0, 0.1) is 11.7 Å². The maximum absolute atomic E-state index is 14.3. The van der Waals surface area contributed by atoms with Crippen LogP contribution >= 0.6 is 0 Å². The summed E-state index contributed by atoms with van der Waals surface area (Å²) in [6.07, 6.45) is -7.18. The molecule has 0 spiro atoms. The Bertz CT molecular complexity index is 1080. The van der Waals surface area contributed by atoms with Crippen molar-refractivity contribution >= 4 is 11.9 Å². The van der Waals surface area contributed by atoms with Gasteiger partial charge in [-0.25, -0.2) is 4.39 Å². The predicted octanol–water partition coefficient (Wildman–Crippen LogP) is 5.49. The molecule has 3 atom stereocenters. The van der Waals surface area contributed by atoms with Crippen molar-refractivity contribution in [2.75, 3.05) is 7.11 Å². The third-order valence-electron chi connectivity index (χ3n) is 5.41. The van der Waals surface area contributed by atoms with Gasteiger partial charge in [0.25, 0.3) is 5.91 Å². The van der Waals surface area contributed by atoms with Crippen molar-refractivity contribution in [1.82, 2.24) is 5.32 Å². The zero-order chi connectivity index (χ0) is 25.3. The molecule has 1 aliphatic carbocycles. The fourth-order valence-electron chi connectivity index (χ4n) is 3.81. The van der Waals surface area contributed by atoms with Crippen LogP contribution in [0.5, 0.6) is 0 Å². The Hall–Kier alpha value is -3.37. The van der Waals surface area contributed by atoms with Crippen LogP contribution in [0.3, 0.4) is 0 Å². The highest BCUT2D eigenvalue weighted by Crippen LogP contribution is 2.37. The summed E-state index contributed by atoms with van der Waals surface area (Å²) in [5, 5.41) is 2.35. The lowest BCUT2D eigenvalue weighted by Gasteiger charge is -2.22. The number of hydrogen-bond donors (Lipinski definition) is 1. The van der Waals surface area contributed by atoms with Crippen LogP contribution in [-0.2, 0) is 21.9 Å². The fourth-order valence-corrected chi connectivity index (χ4v) is 3.81. The van der Waals surface area contributed by atoms with Crippen LogP contribution in [0.2, 0.25) is 0 Å². The van der Waals surface area contributed by atoms with E-state index in [0.717, 1.165) is 13.2 Å². The van der Waals surface area contributed by atoms with Crippen molar-refractivity contribution in [1.29, 1.82) is 0 Å². The van der Waals surface area contributed by atoms with E-state index in [1.807, 2.05) is 0 Å². The molecule has 34 heavy (non-hydrogen) atoms. The molecule has 0 aliphatic heterocycles. The zero-order valence-electron chi connectivity index (χ0n) is 17.5. The number of allylic oxidation sites excluding steroid dienone is 1.